The van der Waals surface area contributed by atoms with Gasteiger partial charge in [-0.05, 0) is 19.8 Å². The lowest BCUT2D eigenvalue weighted by Crippen LogP contribution is -2.48. The van der Waals surface area contributed by atoms with Gasteiger partial charge in [-0.3, -0.25) is 10.1 Å². The number of urea groups is 1. The molecule has 0 radical (unpaired) electrons. The van der Waals surface area contributed by atoms with Crippen LogP contribution in [0.4, 0.5) is 4.79 Å². The average Bonchev–Trinajstić information content (AvgIpc) is 2.38. The molecule has 0 aliphatic heterocycles. The second kappa shape index (κ2) is 10.2. The number of carbonyl (C=O) groups excluding carboxylic acids is 2. The monoisotopic (exact) mass is 288 g/mol. The molecule has 0 aromatic heterocycles. The topological polar surface area (TPSA) is 95.9 Å². The van der Waals surface area contributed by atoms with E-state index in [4.69, 9.17) is 5.11 Å². The van der Waals surface area contributed by atoms with Crippen LogP contribution in [0.2, 0.25) is 0 Å². The van der Waals surface area contributed by atoms with Gasteiger partial charge in [0.15, 0.2) is 0 Å². The van der Waals surface area contributed by atoms with E-state index < -0.39 is 31.1 Å². The largest absolute Gasteiger partial charge is 0.480 e. The molecule has 0 aliphatic carbocycles. The third kappa shape index (κ3) is 7.73. The quantitative estimate of drug-likeness (QED) is 0.665. The number of aliphatic carboxylic acids is 1. The van der Waals surface area contributed by atoms with Crippen molar-refractivity contribution in [1.29, 1.82) is 0 Å². The maximum atomic E-state index is 12.0. The van der Waals surface area contributed by atoms with E-state index in [1.165, 1.54) is 0 Å². The summed E-state index contributed by atoms with van der Waals surface area (Å²) < 4.78 is 4.62. The van der Waals surface area contributed by atoms with E-state index >= 15 is 0 Å². The smallest absolute Gasteiger partial charge is 0.329 e. The van der Waals surface area contributed by atoms with Crippen molar-refractivity contribution < 1.29 is 24.2 Å². The summed E-state index contributed by atoms with van der Waals surface area (Å²) in [6.07, 6.45) is 2.61. The van der Waals surface area contributed by atoms with E-state index in [-0.39, 0.29) is 6.04 Å². The SMILES string of the molecule is CCCCN(C(=O)NC(=O)COCC(=O)O)C(C)CC. The predicted molar refractivity (Wildman–Crippen MR) is 73.4 cm³/mol. The number of unbranched alkanes of at least 4 members (excludes halogenated alkanes) is 1. The van der Waals surface area contributed by atoms with E-state index in [2.05, 4.69) is 10.1 Å². The van der Waals surface area contributed by atoms with E-state index in [1.807, 2.05) is 20.8 Å². The zero-order valence-electron chi connectivity index (χ0n) is 12.3. The minimum absolute atomic E-state index is 0.0364. The number of nitrogens with one attached hydrogen (secondary N) is 1. The fourth-order valence-electron chi connectivity index (χ4n) is 1.53. The van der Waals surface area contributed by atoms with Gasteiger partial charge in [-0.2, -0.15) is 0 Å². The molecule has 0 saturated heterocycles. The average molecular weight is 288 g/mol. The van der Waals surface area contributed by atoms with Crippen LogP contribution in [-0.2, 0) is 14.3 Å². The Labute approximate surface area is 119 Å². The highest BCUT2D eigenvalue weighted by molar-refractivity contribution is 5.95. The molecule has 0 bridgehead atoms. The fraction of sp³-hybridized carbons (Fsp3) is 0.769. The Hall–Kier alpha value is -1.63. The number of ether oxygens (including phenoxy) is 1. The molecule has 1 atom stereocenters. The van der Waals surface area contributed by atoms with Crippen molar-refractivity contribution in [2.45, 2.75) is 46.1 Å². The summed E-state index contributed by atoms with van der Waals surface area (Å²) in [5, 5.41) is 10.6. The molecule has 0 heterocycles. The number of rotatable bonds is 9. The Bertz CT molecular complexity index is 333. The third-order valence-corrected chi connectivity index (χ3v) is 2.84. The van der Waals surface area contributed by atoms with Crippen molar-refractivity contribution in [2.24, 2.45) is 0 Å². The molecule has 116 valence electrons. The van der Waals surface area contributed by atoms with Crippen LogP contribution in [0.15, 0.2) is 0 Å². The van der Waals surface area contributed by atoms with Gasteiger partial charge in [-0.25, -0.2) is 9.59 Å². The number of carboxylic acids is 1. The minimum atomic E-state index is -1.16. The maximum Gasteiger partial charge on any atom is 0.329 e. The first-order valence-electron chi connectivity index (χ1n) is 6.82. The summed E-state index contributed by atoms with van der Waals surface area (Å²) in [6, 6.07) is -0.425. The van der Waals surface area contributed by atoms with Crippen molar-refractivity contribution in [2.75, 3.05) is 19.8 Å². The van der Waals surface area contributed by atoms with Crippen LogP contribution >= 0.6 is 0 Å². The molecule has 0 fully saturated rings. The van der Waals surface area contributed by atoms with Crippen molar-refractivity contribution >= 4 is 17.9 Å². The van der Waals surface area contributed by atoms with Gasteiger partial charge in [0.2, 0.25) is 0 Å². The normalized spacial score (nSPS) is 11.8. The van der Waals surface area contributed by atoms with Crippen LogP contribution in [0, 0.1) is 0 Å². The van der Waals surface area contributed by atoms with Crippen molar-refractivity contribution in [1.82, 2.24) is 10.2 Å². The summed E-state index contributed by atoms with van der Waals surface area (Å²) in [7, 11) is 0. The van der Waals surface area contributed by atoms with Gasteiger partial charge in [0, 0.05) is 12.6 Å². The highest BCUT2D eigenvalue weighted by Crippen LogP contribution is 2.06. The van der Waals surface area contributed by atoms with Gasteiger partial charge in [-0.1, -0.05) is 20.3 Å². The van der Waals surface area contributed by atoms with Gasteiger partial charge >= 0.3 is 12.0 Å². The number of amides is 3. The van der Waals surface area contributed by atoms with Crippen LogP contribution in [-0.4, -0.2) is 53.7 Å². The molecular formula is C13H24N2O5. The number of imide groups is 1. The molecule has 0 aromatic carbocycles. The summed E-state index contributed by atoms with van der Waals surface area (Å²) in [4.78, 5) is 35.3. The minimum Gasteiger partial charge on any atom is -0.480 e. The molecule has 0 saturated carbocycles. The van der Waals surface area contributed by atoms with Crippen molar-refractivity contribution in [3.05, 3.63) is 0 Å². The number of carbonyl (C=O) groups is 3. The van der Waals surface area contributed by atoms with Gasteiger partial charge in [0.1, 0.15) is 13.2 Å². The Kier molecular flexibility index (Phi) is 9.36. The molecule has 7 nitrogen and oxygen atoms in total. The lowest BCUT2D eigenvalue weighted by Gasteiger charge is -2.28. The Morgan fingerprint density at radius 1 is 1.25 bits per heavy atom. The third-order valence-electron chi connectivity index (χ3n) is 2.84. The Morgan fingerprint density at radius 3 is 2.40 bits per heavy atom. The highest BCUT2D eigenvalue weighted by Gasteiger charge is 2.20. The van der Waals surface area contributed by atoms with E-state index in [0.29, 0.717) is 6.54 Å². The lowest BCUT2D eigenvalue weighted by molar-refractivity contribution is -0.143. The van der Waals surface area contributed by atoms with Crippen LogP contribution in [0.1, 0.15) is 40.0 Å². The number of hydrogen-bond acceptors (Lipinski definition) is 4. The fourth-order valence-corrected chi connectivity index (χ4v) is 1.53. The Morgan fingerprint density at radius 2 is 1.90 bits per heavy atom. The molecule has 3 amide bonds. The van der Waals surface area contributed by atoms with E-state index in [1.54, 1.807) is 4.90 Å². The first-order valence-corrected chi connectivity index (χ1v) is 6.82. The van der Waals surface area contributed by atoms with Gasteiger partial charge in [0.05, 0.1) is 0 Å². The molecule has 7 heteroatoms. The second-order valence-electron chi connectivity index (χ2n) is 4.54. The van der Waals surface area contributed by atoms with Crippen molar-refractivity contribution in [3.8, 4) is 0 Å². The molecule has 0 rings (SSSR count). The van der Waals surface area contributed by atoms with Gasteiger partial charge in [-0.15, -0.1) is 0 Å². The first-order chi connectivity index (χ1) is 9.42. The van der Waals surface area contributed by atoms with Gasteiger partial charge < -0.3 is 14.7 Å². The zero-order chi connectivity index (χ0) is 15.5. The standard InChI is InChI=1S/C13H24N2O5/c1-4-6-7-15(10(3)5-2)13(19)14-11(16)8-20-9-12(17)18/h10H,4-9H2,1-3H3,(H,17,18)(H,14,16,19). The molecular weight excluding hydrogens is 264 g/mol. The van der Waals surface area contributed by atoms with Crippen LogP contribution in [0.5, 0.6) is 0 Å². The highest BCUT2D eigenvalue weighted by atomic mass is 16.5. The van der Waals surface area contributed by atoms with Gasteiger partial charge in [0.25, 0.3) is 5.91 Å². The maximum absolute atomic E-state index is 12.0. The Balaban J connectivity index is 4.29. The molecule has 0 spiro atoms. The number of carboxylic acid groups (broad SMARTS) is 1. The lowest BCUT2D eigenvalue weighted by atomic mass is 10.2. The van der Waals surface area contributed by atoms with Crippen LogP contribution < -0.4 is 5.32 Å². The summed E-state index contributed by atoms with van der Waals surface area (Å²) in [5.74, 6) is -1.80. The zero-order valence-corrected chi connectivity index (χ0v) is 12.3. The summed E-state index contributed by atoms with van der Waals surface area (Å²) in [6.45, 7) is 5.49. The van der Waals surface area contributed by atoms with E-state index in [9.17, 15) is 14.4 Å². The molecule has 1 unspecified atom stereocenters. The molecule has 2 N–H and O–H groups in total. The first kappa shape index (κ1) is 18.4. The summed E-state index contributed by atoms with van der Waals surface area (Å²) >= 11 is 0. The number of hydrogen-bond donors (Lipinski definition) is 2. The number of nitrogens with zero attached hydrogens (tertiary/aromatic N) is 1. The second-order valence-corrected chi connectivity index (χ2v) is 4.54. The van der Waals surface area contributed by atoms with Crippen molar-refractivity contribution in [3.63, 3.8) is 0 Å². The molecule has 20 heavy (non-hydrogen) atoms. The van der Waals surface area contributed by atoms with E-state index in [0.717, 1.165) is 19.3 Å². The molecule has 0 aliphatic rings. The van der Waals surface area contributed by atoms with Crippen LogP contribution in [0.25, 0.3) is 0 Å². The molecule has 0 aromatic rings. The summed E-state index contributed by atoms with van der Waals surface area (Å²) in [5.41, 5.74) is 0. The predicted octanol–water partition coefficient (Wildman–Crippen LogP) is 1.22. The van der Waals surface area contributed by atoms with Crippen LogP contribution in [0.3, 0.4) is 0 Å².